The van der Waals surface area contributed by atoms with E-state index in [0.717, 1.165) is 12.8 Å². The van der Waals surface area contributed by atoms with Crippen LogP contribution in [0.4, 0.5) is 0 Å². The minimum atomic E-state index is -2.33. The standard InChI is InChI=1S/C20H46O3Si4/c1-15-19(5,24(7,8)17-3)21-26(11,12)20(6,16-2)22-27(13,14)23-25(9,10)18-4/h17-18H,3-4,15-16H2,1-2,5-14H3/t19-,20+/m0/s1. The van der Waals surface area contributed by atoms with E-state index in [1.807, 2.05) is 5.70 Å². The second-order valence-electron chi connectivity index (χ2n) is 10.1. The van der Waals surface area contributed by atoms with Crippen LogP contribution < -0.4 is 0 Å². The molecule has 0 spiro atoms. The van der Waals surface area contributed by atoms with Gasteiger partial charge in [-0.15, -0.1) is 13.2 Å². The third-order valence-corrected chi connectivity index (χ3v) is 21.0. The van der Waals surface area contributed by atoms with Gasteiger partial charge in [0, 0.05) is 5.22 Å². The molecule has 0 radical (unpaired) electrons. The lowest BCUT2D eigenvalue weighted by Crippen LogP contribution is -2.67. The van der Waals surface area contributed by atoms with Crippen molar-refractivity contribution < 1.29 is 13.0 Å². The highest BCUT2D eigenvalue weighted by Crippen LogP contribution is 2.40. The second-order valence-corrected chi connectivity index (χ2v) is 26.7. The van der Waals surface area contributed by atoms with E-state index in [4.69, 9.17) is 13.0 Å². The van der Waals surface area contributed by atoms with Crippen LogP contribution in [0.1, 0.15) is 40.5 Å². The van der Waals surface area contributed by atoms with E-state index in [0.29, 0.717) is 0 Å². The summed E-state index contributed by atoms with van der Waals surface area (Å²) in [4.78, 5) is 0. The van der Waals surface area contributed by atoms with Gasteiger partial charge in [0.2, 0.25) is 8.32 Å². The Morgan fingerprint density at radius 3 is 1.52 bits per heavy atom. The average molecular weight is 447 g/mol. The minimum Gasteiger partial charge on any atom is -0.433 e. The van der Waals surface area contributed by atoms with Crippen molar-refractivity contribution in [2.45, 2.75) is 103 Å². The van der Waals surface area contributed by atoms with Crippen LogP contribution in [0.5, 0.6) is 0 Å². The average Bonchev–Trinajstić information content (AvgIpc) is 2.52. The smallest absolute Gasteiger partial charge is 0.321 e. The summed E-state index contributed by atoms with van der Waals surface area (Å²) in [6.07, 6.45) is 1.90. The minimum absolute atomic E-state index is 0.147. The molecule has 0 bridgehead atoms. The molecule has 0 saturated heterocycles. The van der Waals surface area contributed by atoms with E-state index in [9.17, 15) is 0 Å². The third kappa shape index (κ3) is 6.62. The van der Waals surface area contributed by atoms with Gasteiger partial charge in [-0.3, -0.25) is 0 Å². The zero-order valence-electron chi connectivity index (χ0n) is 20.2. The van der Waals surface area contributed by atoms with Gasteiger partial charge in [-0.25, -0.2) is 0 Å². The molecular weight excluding hydrogens is 401 g/mol. The van der Waals surface area contributed by atoms with Gasteiger partial charge in [0.1, 0.15) is 8.07 Å². The van der Waals surface area contributed by atoms with Crippen molar-refractivity contribution in [1.82, 2.24) is 0 Å². The molecule has 0 amide bonds. The summed E-state index contributed by atoms with van der Waals surface area (Å²) >= 11 is 0. The lowest BCUT2D eigenvalue weighted by atomic mass is 10.3. The highest BCUT2D eigenvalue weighted by atomic mass is 28.4. The Bertz CT molecular complexity index is 531. The van der Waals surface area contributed by atoms with Crippen LogP contribution in [-0.2, 0) is 13.0 Å². The van der Waals surface area contributed by atoms with Gasteiger partial charge in [-0.05, 0) is 66.0 Å². The predicted molar refractivity (Wildman–Crippen MR) is 131 cm³/mol. The van der Waals surface area contributed by atoms with Crippen molar-refractivity contribution in [3.8, 4) is 0 Å². The van der Waals surface area contributed by atoms with Gasteiger partial charge in [0.15, 0.2) is 8.32 Å². The Balaban J connectivity index is 5.82. The molecule has 27 heavy (non-hydrogen) atoms. The first-order chi connectivity index (χ1) is 11.9. The van der Waals surface area contributed by atoms with E-state index < -0.39 is 33.3 Å². The quantitative estimate of drug-likeness (QED) is 0.311. The fourth-order valence-electron chi connectivity index (χ4n) is 3.41. The van der Waals surface area contributed by atoms with Crippen LogP contribution in [0.15, 0.2) is 24.6 Å². The first-order valence-corrected chi connectivity index (χ1v) is 22.0. The fraction of sp³-hybridized carbons (Fsp3) is 0.800. The van der Waals surface area contributed by atoms with E-state index >= 15 is 0 Å². The predicted octanol–water partition coefficient (Wildman–Crippen LogP) is 6.72. The van der Waals surface area contributed by atoms with Gasteiger partial charge in [0.25, 0.3) is 0 Å². The van der Waals surface area contributed by atoms with Crippen LogP contribution >= 0.6 is 0 Å². The monoisotopic (exact) mass is 446 g/mol. The van der Waals surface area contributed by atoms with Gasteiger partial charge in [0.05, 0.1) is 5.22 Å². The lowest BCUT2D eigenvalue weighted by Gasteiger charge is -2.52. The summed E-state index contributed by atoms with van der Waals surface area (Å²) in [5.74, 6) is 0. The Morgan fingerprint density at radius 2 is 1.19 bits per heavy atom. The molecule has 0 heterocycles. The molecule has 0 aromatic carbocycles. The summed E-state index contributed by atoms with van der Waals surface area (Å²) in [5.41, 5.74) is 4.14. The molecular formula is C20H46O3Si4. The Morgan fingerprint density at radius 1 is 0.741 bits per heavy atom. The van der Waals surface area contributed by atoms with Gasteiger partial charge >= 0.3 is 8.56 Å². The molecule has 0 rings (SSSR count). The second kappa shape index (κ2) is 8.93. The number of hydrogen-bond donors (Lipinski definition) is 0. The highest BCUT2D eigenvalue weighted by Gasteiger charge is 2.54. The molecule has 160 valence electrons. The van der Waals surface area contributed by atoms with Crippen molar-refractivity contribution >= 4 is 33.3 Å². The van der Waals surface area contributed by atoms with Crippen LogP contribution in [-0.4, -0.2) is 43.7 Å². The number of rotatable bonds is 12. The van der Waals surface area contributed by atoms with Crippen LogP contribution in [0.3, 0.4) is 0 Å². The summed E-state index contributed by atoms with van der Waals surface area (Å²) < 4.78 is 20.4. The highest BCUT2D eigenvalue weighted by molar-refractivity contribution is 6.87. The van der Waals surface area contributed by atoms with Gasteiger partial charge in [-0.2, -0.15) is 0 Å². The SMILES string of the molecule is C=C[Si](C)(C)O[Si](C)(C)O[C@@](C)(CC)[Si](C)(C)O[C@](C)(CC)[Si](C)(C)C=C. The molecule has 0 saturated carbocycles. The summed E-state index contributed by atoms with van der Waals surface area (Å²) in [6.45, 7) is 35.0. The lowest BCUT2D eigenvalue weighted by molar-refractivity contribution is 0.0631. The molecule has 0 unspecified atom stereocenters. The zero-order valence-corrected chi connectivity index (χ0v) is 24.2. The largest absolute Gasteiger partial charge is 0.433 e. The van der Waals surface area contributed by atoms with Crippen molar-refractivity contribution in [2.75, 3.05) is 0 Å². The molecule has 0 aromatic heterocycles. The van der Waals surface area contributed by atoms with E-state index in [1.165, 1.54) is 0 Å². The fourth-order valence-corrected chi connectivity index (χ4v) is 17.4. The maximum atomic E-state index is 7.05. The van der Waals surface area contributed by atoms with Crippen LogP contribution in [0.25, 0.3) is 0 Å². The summed E-state index contributed by atoms with van der Waals surface area (Å²) in [7, 11) is -8.20. The molecule has 0 aliphatic heterocycles. The van der Waals surface area contributed by atoms with Crippen molar-refractivity contribution in [1.29, 1.82) is 0 Å². The maximum Gasteiger partial charge on any atom is 0.321 e. The normalized spacial score (nSPS) is 18.5. The molecule has 0 aliphatic rings. The maximum absolute atomic E-state index is 7.05. The zero-order chi connectivity index (χ0) is 21.9. The number of hydrogen-bond acceptors (Lipinski definition) is 3. The first-order valence-electron chi connectivity index (χ1n) is 10.2. The van der Waals surface area contributed by atoms with E-state index in [1.54, 1.807) is 0 Å². The van der Waals surface area contributed by atoms with Gasteiger partial charge in [-0.1, -0.05) is 38.3 Å². The molecule has 2 atom stereocenters. The van der Waals surface area contributed by atoms with Gasteiger partial charge < -0.3 is 13.0 Å². The Labute approximate surface area is 174 Å². The molecule has 3 nitrogen and oxygen atoms in total. The van der Waals surface area contributed by atoms with Crippen molar-refractivity contribution in [3.05, 3.63) is 24.6 Å². The molecule has 0 fully saturated rings. The van der Waals surface area contributed by atoms with Crippen LogP contribution in [0, 0.1) is 0 Å². The summed E-state index contributed by atoms with van der Waals surface area (Å²) in [5, 5.41) is -0.456. The first kappa shape index (κ1) is 27.2. The van der Waals surface area contributed by atoms with Crippen molar-refractivity contribution in [3.63, 3.8) is 0 Å². The Kier molecular flexibility index (Phi) is 9.01. The Hall–Kier alpha value is 0.228. The van der Waals surface area contributed by atoms with E-state index in [2.05, 4.69) is 98.9 Å². The topological polar surface area (TPSA) is 27.7 Å². The molecule has 0 aromatic rings. The molecule has 7 heteroatoms. The van der Waals surface area contributed by atoms with Crippen LogP contribution in [0.2, 0.25) is 52.4 Å². The van der Waals surface area contributed by atoms with E-state index in [-0.39, 0.29) is 10.4 Å². The third-order valence-electron chi connectivity index (χ3n) is 6.45. The summed E-state index contributed by atoms with van der Waals surface area (Å²) in [6, 6.07) is 0. The molecule has 0 N–H and O–H groups in total. The van der Waals surface area contributed by atoms with Crippen molar-refractivity contribution in [2.24, 2.45) is 0 Å². The molecule has 0 aliphatic carbocycles.